The Bertz CT molecular complexity index is 497. The Morgan fingerprint density at radius 1 is 1.29 bits per heavy atom. The van der Waals surface area contributed by atoms with E-state index in [-0.39, 0.29) is 16.2 Å². The molecule has 3 rings (SSSR count). The molecule has 0 aromatic carbocycles. The maximum atomic E-state index is 12.2. The van der Waals surface area contributed by atoms with Crippen molar-refractivity contribution in [2.45, 2.75) is 55.3 Å². The molecule has 3 nitrogen and oxygen atoms in total. The molecular weight excluding hydrogens is 340 g/mol. The van der Waals surface area contributed by atoms with E-state index in [0.29, 0.717) is 17.9 Å². The van der Waals surface area contributed by atoms with Crippen molar-refractivity contribution in [1.29, 1.82) is 0 Å². The van der Waals surface area contributed by atoms with Crippen LogP contribution in [-0.4, -0.2) is 40.9 Å². The molecule has 5 heteroatoms. The van der Waals surface area contributed by atoms with Crippen LogP contribution in [0.25, 0.3) is 0 Å². The zero-order valence-corrected chi connectivity index (χ0v) is 16.2. The number of hydrogen-bond acceptors (Lipinski definition) is 5. The van der Waals surface area contributed by atoms with Crippen molar-refractivity contribution < 1.29 is 14.3 Å². The molecule has 0 radical (unpaired) electrons. The number of allylic oxidation sites excluding steroid dienone is 2. The maximum absolute atomic E-state index is 12.2. The van der Waals surface area contributed by atoms with Gasteiger partial charge >= 0.3 is 5.97 Å². The van der Waals surface area contributed by atoms with E-state index in [2.05, 4.69) is 18.2 Å². The van der Waals surface area contributed by atoms with Crippen LogP contribution in [0, 0.1) is 11.8 Å². The van der Waals surface area contributed by atoms with Gasteiger partial charge in [-0.1, -0.05) is 18.2 Å². The molecule has 1 saturated carbocycles. The molecule has 1 spiro atoms. The van der Waals surface area contributed by atoms with Crippen LogP contribution in [0.3, 0.4) is 0 Å². The van der Waals surface area contributed by atoms with Gasteiger partial charge in [-0.2, -0.15) is 0 Å². The maximum Gasteiger partial charge on any atom is 0.330 e. The molecular formula is C19H28O3S2. The lowest BCUT2D eigenvalue weighted by Gasteiger charge is -2.33. The van der Waals surface area contributed by atoms with Crippen LogP contribution in [0.2, 0.25) is 0 Å². The van der Waals surface area contributed by atoms with Gasteiger partial charge in [-0.25, -0.2) is 4.79 Å². The highest BCUT2D eigenvalue weighted by molar-refractivity contribution is 8.21. The Balaban J connectivity index is 1.88. The summed E-state index contributed by atoms with van der Waals surface area (Å²) in [5, 5.41) is 0. The quantitative estimate of drug-likeness (QED) is 0.505. The van der Waals surface area contributed by atoms with Crippen molar-refractivity contribution in [2.75, 3.05) is 18.6 Å². The van der Waals surface area contributed by atoms with Gasteiger partial charge in [-0.05, 0) is 50.9 Å². The fourth-order valence-electron chi connectivity index (χ4n) is 4.04. The van der Waals surface area contributed by atoms with E-state index < -0.39 is 0 Å². The molecule has 2 fully saturated rings. The summed E-state index contributed by atoms with van der Waals surface area (Å²) >= 11 is 3.98. The third kappa shape index (κ3) is 4.23. The second kappa shape index (κ2) is 8.33. The largest absolute Gasteiger partial charge is 0.460 e. The summed E-state index contributed by atoms with van der Waals surface area (Å²) in [6.45, 7) is 1.99. The van der Waals surface area contributed by atoms with E-state index in [0.717, 1.165) is 43.6 Å². The van der Waals surface area contributed by atoms with Crippen LogP contribution >= 0.6 is 23.5 Å². The summed E-state index contributed by atoms with van der Waals surface area (Å²) in [6, 6.07) is 0. The molecule has 0 aromatic rings. The monoisotopic (exact) mass is 368 g/mol. The molecule has 1 saturated heterocycles. The van der Waals surface area contributed by atoms with E-state index in [4.69, 9.17) is 9.47 Å². The first-order chi connectivity index (χ1) is 11.6. The molecule has 1 aliphatic carbocycles. The van der Waals surface area contributed by atoms with E-state index in [1.807, 2.05) is 37.6 Å². The third-order valence-electron chi connectivity index (χ3n) is 5.29. The highest BCUT2D eigenvalue weighted by Crippen LogP contribution is 2.57. The first kappa shape index (κ1) is 18.4. The number of ether oxygens (including phenoxy) is 2. The minimum absolute atomic E-state index is 0.00601. The van der Waals surface area contributed by atoms with Crippen molar-refractivity contribution in [3.8, 4) is 0 Å². The van der Waals surface area contributed by atoms with Gasteiger partial charge in [-0.3, -0.25) is 0 Å². The van der Waals surface area contributed by atoms with E-state index in [1.54, 1.807) is 6.08 Å². The molecule has 0 N–H and O–H groups in total. The molecule has 0 aromatic heterocycles. The normalized spacial score (nSPS) is 39.3. The summed E-state index contributed by atoms with van der Waals surface area (Å²) in [7, 11) is 1.82. The molecule has 3 aliphatic rings. The summed E-state index contributed by atoms with van der Waals surface area (Å²) < 4.78 is 11.2. The number of cyclic esters (lactones) is 1. The van der Waals surface area contributed by atoms with Gasteiger partial charge < -0.3 is 9.47 Å². The Morgan fingerprint density at radius 3 is 2.83 bits per heavy atom. The summed E-state index contributed by atoms with van der Waals surface area (Å²) in [6.07, 6.45) is 14.1. The molecule has 0 amide bonds. The number of methoxy groups -OCH3 is 1. The average Bonchev–Trinajstić information content (AvgIpc) is 3.19. The minimum Gasteiger partial charge on any atom is -0.460 e. The molecule has 0 bridgehead atoms. The van der Waals surface area contributed by atoms with E-state index >= 15 is 0 Å². The lowest BCUT2D eigenvalue weighted by molar-refractivity contribution is -0.142. The average molecular weight is 369 g/mol. The lowest BCUT2D eigenvalue weighted by Crippen LogP contribution is -2.30. The van der Waals surface area contributed by atoms with Crippen LogP contribution in [-0.2, 0) is 14.3 Å². The van der Waals surface area contributed by atoms with Gasteiger partial charge in [0.25, 0.3) is 0 Å². The standard InChI is InChI=1S/C19H28O3S2/c1-14-6-4-3-5-7-15-12-16(21-2)13-17(15)19(23-10-11-24-19)9-8-18(20)22-14/h5,7-9,14-17H,3-4,6,10-13H2,1-2H3/b7-5+,9-8+/t14-,15+,16-,17?/m0/s1. The Morgan fingerprint density at radius 2 is 2.08 bits per heavy atom. The van der Waals surface area contributed by atoms with Gasteiger partial charge in [0.1, 0.15) is 0 Å². The molecule has 4 atom stereocenters. The summed E-state index contributed by atoms with van der Waals surface area (Å²) in [5.41, 5.74) is 0. The highest BCUT2D eigenvalue weighted by atomic mass is 32.2. The van der Waals surface area contributed by atoms with E-state index in [9.17, 15) is 4.79 Å². The van der Waals surface area contributed by atoms with Crippen LogP contribution < -0.4 is 0 Å². The second-order valence-electron chi connectivity index (χ2n) is 6.96. The second-order valence-corrected chi connectivity index (χ2v) is 9.96. The van der Waals surface area contributed by atoms with Gasteiger partial charge in [0.2, 0.25) is 0 Å². The smallest absolute Gasteiger partial charge is 0.330 e. The number of hydrogen-bond donors (Lipinski definition) is 0. The van der Waals surface area contributed by atoms with Crippen LogP contribution in [0.1, 0.15) is 39.0 Å². The zero-order chi connectivity index (χ0) is 17.0. The molecule has 1 unspecified atom stereocenters. The zero-order valence-electron chi connectivity index (χ0n) is 14.6. The number of fused-ring (bicyclic) bond motifs is 2. The molecule has 2 heterocycles. The summed E-state index contributed by atoms with van der Waals surface area (Å²) in [5.74, 6) is 3.14. The van der Waals surface area contributed by atoms with E-state index in [1.165, 1.54) is 0 Å². The Kier molecular flexibility index (Phi) is 6.38. The topological polar surface area (TPSA) is 35.5 Å². The summed E-state index contributed by atoms with van der Waals surface area (Å²) in [4.78, 5) is 12.2. The van der Waals surface area contributed by atoms with Gasteiger partial charge in [-0.15, -0.1) is 23.5 Å². The van der Waals surface area contributed by atoms with Crippen molar-refractivity contribution in [3.05, 3.63) is 24.3 Å². The lowest BCUT2D eigenvalue weighted by atomic mass is 9.91. The van der Waals surface area contributed by atoms with Crippen molar-refractivity contribution >= 4 is 29.5 Å². The third-order valence-corrected chi connectivity index (χ3v) is 8.85. The SMILES string of the molecule is CO[C@@H]1CC2[C@H](/C=C/CCC[C@H](C)OC(=O)/C=C/C23SCCS3)C1. The first-order valence-electron chi connectivity index (χ1n) is 9.00. The number of esters is 1. The predicted molar refractivity (Wildman–Crippen MR) is 102 cm³/mol. The Labute approximate surface area is 154 Å². The van der Waals surface area contributed by atoms with Gasteiger partial charge in [0.15, 0.2) is 0 Å². The molecule has 24 heavy (non-hydrogen) atoms. The number of carbonyl (C=O) groups excluding carboxylic acids is 1. The first-order valence-corrected chi connectivity index (χ1v) is 11.0. The Hall–Kier alpha value is -0.390. The predicted octanol–water partition coefficient (Wildman–Crippen LogP) is 4.43. The van der Waals surface area contributed by atoms with Crippen molar-refractivity contribution in [1.82, 2.24) is 0 Å². The van der Waals surface area contributed by atoms with Gasteiger partial charge in [0, 0.05) is 24.7 Å². The molecule has 134 valence electrons. The fraction of sp³-hybridized carbons (Fsp3) is 0.737. The number of thioether (sulfide) groups is 2. The minimum atomic E-state index is -0.194. The fourth-order valence-corrected chi connectivity index (χ4v) is 7.48. The van der Waals surface area contributed by atoms with Crippen molar-refractivity contribution in [3.63, 3.8) is 0 Å². The van der Waals surface area contributed by atoms with Crippen LogP contribution in [0.15, 0.2) is 24.3 Å². The van der Waals surface area contributed by atoms with Crippen LogP contribution in [0.4, 0.5) is 0 Å². The highest BCUT2D eigenvalue weighted by Gasteiger charge is 2.48. The van der Waals surface area contributed by atoms with Crippen LogP contribution in [0.5, 0.6) is 0 Å². The molecule has 2 aliphatic heterocycles. The van der Waals surface area contributed by atoms with Gasteiger partial charge in [0.05, 0.1) is 16.3 Å². The number of rotatable bonds is 1. The number of carbonyl (C=O) groups is 1. The van der Waals surface area contributed by atoms with Crippen molar-refractivity contribution in [2.24, 2.45) is 11.8 Å².